The first-order chi connectivity index (χ1) is 11.4. The lowest BCUT2D eigenvalue weighted by molar-refractivity contribution is -0.131. The maximum Gasteiger partial charge on any atom is 0.225 e. The van der Waals surface area contributed by atoms with E-state index in [-0.39, 0.29) is 17.6 Å². The van der Waals surface area contributed by atoms with Gasteiger partial charge in [0.2, 0.25) is 5.91 Å². The maximum atomic E-state index is 14.4. The van der Waals surface area contributed by atoms with Gasteiger partial charge in [0.1, 0.15) is 5.82 Å². The van der Waals surface area contributed by atoms with E-state index in [0.29, 0.717) is 17.1 Å². The van der Waals surface area contributed by atoms with Crippen molar-refractivity contribution in [2.24, 2.45) is 5.92 Å². The molecular formula is C20H21ClFNO. The van der Waals surface area contributed by atoms with E-state index in [9.17, 15) is 9.18 Å². The van der Waals surface area contributed by atoms with Gasteiger partial charge in [-0.1, -0.05) is 23.7 Å². The quantitative estimate of drug-likeness (QED) is 0.752. The summed E-state index contributed by atoms with van der Waals surface area (Å²) in [5, 5.41) is 0.626. The number of halogens is 2. The van der Waals surface area contributed by atoms with Gasteiger partial charge in [-0.05, 0) is 67.1 Å². The van der Waals surface area contributed by atoms with Crippen molar-refractivity contribution in [3.8, 4) is 11.1 Å². The van der Waals surface area contributed by atoms with Gasteiger partial charge in [0.15, 0.2) is 0 Å². The van der Waals surface area contributed by atoms with Gasteiger partial charge in [0, 0.05) is 30.1 Å². The first-order valence-electron chi connectivity index (χ1n) is 8.17. The van der Waals surface area contributed by atoms with Gasteiger partial charge in [0.05, 0.1) is 0 Å². The van der Waals surface area contributed by atoms with Crippen LogP contribution in [0.3, 0.4) is 0 Å². The van der Waals surface area contributed by atoms with E-state index in [1.54, 1.807) is 18.0 Å². The van der Waals surface area contributed by atoms with E-state index in [0.717, 1.165) is 35.1 Å². The third-order valence-electron chi connectivity index (χ3n) is 4.55. The number of hydrogen-bond donors (Lipinski definition) is 0. The fourth-order valence-corrected chi connectivity index (χ4v) is 3.15. The van der Waals surface area contributed by atoms with E-state index >= 15 is 0 Å². The highest BCUT2D eigenvalue weighted by molar-refractivity contribution is 6.31. The van der Waals surface area contributed by atoms with Gasteiger partial charge in [-0.2, -0.15) is 0 Å². The van der Waals surface area contributed by atoms with E-state index in [4.69, 9.17) is 11.6 Å². The third kappa shape index (κ3) is 3.46. The van der Waals surface area contributed by atoms with E-state index in [1.165, 1.54) is 6.07 Å². The minimum absolute atomic E-state index is 0.176. The molecule has 1 aliphatic carbocycles. The number of nitrogens with zero attached hydrogens (tertiary/aromatic N) is 1. The Morgan fingerprint density at radius 3 is 2.54 bits per heavy atom. The van der Waals surface area contributed by atoms with Crippen LogP contribution in [-0.4, -0.2) is 17.9 Å². The molecule has 2 aromatic carbocycles. The predicted octanol–water partition coefficient (Wildman–Crippen LogP) is 5.13. The molecule has 24 heavy (non-hydrogen) atoms. The molecule has 126 valence electrons. The smallest absolute Gasteiger partial charge is 0.225 e. The number of carbonyl (C=O) groups is 1. The van der Waals surface area contributed by atoms with Crippen LogP contribution in [-0.2, 0) is 11.3 Å². The van der Waals surface area contributed by atoms with Crippen LogP contribution in [0.1, 0.15) is 29.5 Å². The molecule has 1 aliphatic rings. The lowest BCUT2D eigenvalue weighted by atomic mass is 9.96. The molecule has 1 saturated carbocycles. The summed E-state index contributed by atoms with van der Waals surface area (Å²) in [5.41, 5.74) is 4.19. The maximum absolute atomic E-state index is 14.4. The second-order valence-electron chi connectivity index (χ2n) is 6.70. The average molecular weight is 346 g/mol. The zero-order chi connectivity index (χ0) is 17.4. The molecule has 0 bridgehead atoms. The molecule has 0 atom stereocenters. The molecule has 0 unspecified atom stereocenters. The molecule has 0 aliphatic heterocycles. The second kappa shape index (κ2) is 6.56. The Kier molecular flexibility index (Phi) is 4.64. The normalized spacial score (nSPS) is 13.9. The number of carbonyl (C=O) groups excluding carboxylic acids is 1. The minimum atomic E-state index is -0.280. The van der Waals surface area contributed by atoms with Crippen LogP contribution < -0.4 is 0 Å². The van der Waals surface area contributed by atoms with Crippen LogP contribution in [0.25, 0.3) is 11.1 Å². The van der Waals surface area contributed by atoms with Crippen molar-refractivity contribution in [2.45, 2.75) is 33.2 Å². The Balaban J connectivity index is 1.92. The van der Waals surface area contributed by atoms with Gasteiger partial charge >= 0.3 is 0 Å². The van der Waals surface area contributed by atoms with Crippen LogP contribution >= 0.6 is 11.6 Å². The largest absolute Gasteiger partial charge is 0.341 e. The predicted molar refractivity (Wildman–Crippen MR) is 95.5 cm³/mol. The van der Waals surface area contributed by atoms with Gasteiger partial charge in [-0.3, -0.25) is 4.79 Å². The highest BCUT2D eigenvalue weighted by Crippen LogP contribution is 2.33. The molecule has 1 amide bonds. The lowest BCUT2D eigenvalue weighted by Gasteiger charge is -2.18. The summed E-state index contributed by atoms with van der Waals surface area (Å²) in [6.07, 6.45) is 1.97. The first kappa shape index (κ1) is 17.0. The Bertz CT molecular complexity index is 798. The molecule has 4 heteroatoms. The molecular weight excluding hydrogens is 325 g/mol. The van der Waals surface area contributed by atoms with Crippen LogP contribution in [0.15, 0.2) is 30.3 Å². The van der Waals surface area contributed by atoms with Crippen molar-refractivity contribution >= 4 is 17.5 Å². The Hall–Kier alpha value is -1.87. The third-order valence-corrected chi connectivity index (χ3v) is 4.96. The Morgan fingerprint density at radius 2 is 1.88 bits per heavy atom. The number of benzene rings is 2. The summed E-state index contributed by atoms with van der Waals surface area (Å²) < 4.78 is 14.4. The highest BCUT2D eigenvalue weighted by Gasteiger charge is 2.31. The molecule has 1 fully saturated rings. The molecule has 0 aromatic heterocycles. The average Bonchev–Trinajstić information content (AvgIpc) is 3.37. The SMILES string of the molecule is Cc1cc(C)c(-c2cc(CN(C)C(=O)C3CC3)ccc2F)cc1Cl. The lowest BCUT2D eigenvalue weighted by Crippen LogP contribution is -2.27. The summed E-state index contributed by atoms with van der Waals surface area (Å²) in [4.78, 5) is 13.8. The standard InChI is InChI=1S/C20H21ClFNO/c1-12-8-13(2)18(21)10-16(12)17-9-14(4-7-19(17)22)11-23(3)20(24)15-5-6-15/h4,7-10,15H,5-6,11H2,1-3H3. The fourth-order valence-electron chi connectivity index (χ4n) is 2.99. The number of aryl methyl sites for hydroxylation is 2. The van der Waals surface area contributed by atoms with Crippen molar-refractivity contribution in [2.75, 3.05) is 7.05 Å². The number of amides is 1. The van der Waals surface area contributed by atoms with Crippen molar-refractivity contribution < 1.29 is 9.18 Å². The fraction of sp³-hybridized carbons (Fsp3) is 0.350. The van der Waals surface area contributed by atoms with Crippen LogP contribution in [0.4, 0.5) is 4.39 Å². The zero-order valence-corrected chi connectivity index (χ0v) is 15.0. The van der Waals surface area contributed by atoms with E-state index in [2.05, 4.69) is 0 Å². The molecule has 0 heterocycles. The van der Waals surface area contributed by atoms with Gasteiger partial charge in [-0.25, -0.2) is 4.39 Å². The van der Waals surface area contributed by atoms with E-state index < -0.39 is 0 Å². The topological polar surface area (TPSA) is 20.3 Å². The van der Waals surface area contributed by atoms with Gasteiger partial charge in [-0.15, -0.1) is 0 Å². The highest BCUT2D eigenvalue weighted by atomic mass is 35.5. The molecule has 0 saturated heterocycles. The van der Waals surface area contributed by atoms with Gasteiger partial charge < -0.3 is 4.90 Å². The molecule has 0 N–H and O–H groups in total. The minimum Gasteiger partial charge on any atom is -0.341 e. The summed E-state index contributed by atoms with van der Waals surface area (Å²) in [6.45, 7) is 4.37. The van der Waals surface area contributed by atoms with Crippen molar-refractivity contribution in [1.82, 2.24) is 4.90 Å². The molecule has 3 rings (SSSR count). The molecule has 0 spiro atoms. The van der Waals surface area contributed by atoms with Crippen molar-refractivity contribution in [1.29, 1.82) is 0 Å². The number of rotatable bonds is 4. The van der Waals surface area contributed by atoms with Gasteiger partial charge in [0.25, 0.3) is 0 Å². The zero-order valence-electron chi connectivity index (χ0n) is 14.2. The first-order valence-corrected chi connectivity index (χ1v) is 8.55. The van der Waals surface area contributed by atoms with Crippen LogP contribution in [0, 0.1) is 25.6 Å². The summed E-state index contributed by atoms with van der Waals surface area (Å²) in [5.74, 6) is 0.0847. The van der Waals surface area contributed by atoms with Crippen molar-refractivity contribution in [3.05, 3.63) is 57.9 Å². The van der Waals surface area contributed by atoms with Crippen LogP contribution in [0.2, 0.25) is 5.02 Å². The number of hydrogen-bond acceptors (Lipinski definition) is 1. The molecule has 2 aromatic rings. The van der Waals surface area contributed by atoms with E-state index in [1.807, 2.05) is 32.0 Å². The summed E-state index contributed by atoms with van der Waals surface area (Å²) >= 11 is 6.22. The summed E-state index contributed by atoms with van der Waals surface area (Å²) in [6, 6.07) is 8.80. The summed E-state index contributed by atoms with van der Waals surface area (Å²) in [7, 11) is 1.80. The molecule has 0 radical (unpaired) electrons. The van der Waals surface area contributed by atoms with Crippen LogP contribution in [0.5, 0.6) is 0 Å². The molecule has 2 nitrogen and oxygen atoms in total. The monoisotopic (exact) mass is 345 g/mol. The second-order valence-corrected chi connectivity index (χ2v) is 7.11. The Morgan fingerprint density at radius 1 is 1.17 bits per heavy atom. The Labute approximate surface area is 147 Å². The van der Waals surface area contributed by atoms with Crippen molar-refractivity contribution in [3.63, 3.8) is 0 Å².